The van der Waals surface area contributed by atoms with Gasteiger partial charge in [-0.3, -0.25) is 10.1 Å². The first-order chi connectivity index (χ1) is 6.36. The van der Waals surface area contributed by atoms with Crippen LogP contribution in [0.1, 0.15) is 0 Å². The maximum Gasteiger partial charge on any atom is 0.323 e. The molecule has 0 atom stereocenters. The van der Waals surface area contributed by atoms with Gasteiger partial charge in [0.05, 0.1) is 12.0 Å². The van der Waals surface area contributed by atoms with Crippen molar-refractivity contribution in [2.24, 2.45) is 0 Å². The van der Waals surface area contributed by atoms with Gasteiger partial charge in [-0.1, -0.05) is 11.3 Å². The Morgan fingerprint density at radius 1 is 1.57 bits per heavy atom. The second kappa shape index (κ2) is 3.54. The van der Waals surface area contributed by atoms with Crippen molar-refractivity contribution in [2.75, 3.05) is 13.4 Å². The number of thiophene rings is 1. The zero-order chi connectivity index (χ0) is 10.9. The van der Waals surface area contributed by atoms with Gasteiger partial charge in [0.2, 0.25) is 0 Å². The molecule has 0 unspecified atom stereocenters. The van der Waals surface area contributed by atoms with Gasteiger partial charge in [-0.2, -0.15) is 0 Å². The van der Waals surface area contributed by atoms with E-state index in [2.05, 4.69) is 0 Å². The van der Waals surface area contributed by atoms with Crippen LogP contribution in [0.25, 0.3) is 0 Å². The van der Waals surface area contributed by atoms with E-state index in [0.29, 0.717) is 0 Å². The largest absolute Gasteiger partial charge is 0.482 e. The summed E-state index contributed by atoms with van der Waals surface area (Å²) in [6.45, 7) is 0. The number of nitro groups is 1. The zero-order valence-corrected chi connectivity index (χ0v) is 9.02. The van der Waals surface area contributed by atoms with Crippen LogP contribution in [0.2, 0.25) is 0 Å². The second-order valence-electron chi connectivity index (χ2n) is 2.47. The number of nitrogens with zero attached hydrogens (tertiary/aromatic N) is 1. The standard InChI is InChI=1S/C6H7NO5S2/c1-12-6-4(7(8)9)3-5(13-6)14(2,10)11/h3H,1-2H3. The van der Waals surface area contributed by atoms with Crippen LogP contribution in [0.4, 0.5) is 5.69 Å². The molecule has 0 fully saturated rings. The minimum Gasteiger partial charge on any atom is -0.482 e. The average molecular weight is 237 g/mol. The van der Waals surface area contributed by atoms with Crippen LogP contribution in [0, 0.1) is 10.1 Å². The van der Waals surface area contributed by atoms with E-state index in [1.54, 1.807) is 0 Å². The number of hydrogen-bond donors (Lipinski definition) is 0. The molecule has 0 spiro atoms. The van der Waals surface area contributed by atoms with Gasteiger partial charge >= 0.3 is 5.69 Å². The van der Waals surface area contributed by atoms with E-state index < -0.39 is 14.8 Å². The molecular weight excluding hydrogens is 230 g/mol. The van der Waals surface area contributed by atoms with Crippen LogP contribution in [0.5, 0.6) is 5.06 Å². The van der Waals surface area contributed by atoms with Crippen LogP contribution in [0.3, 0.4) is 0 Å². The van der Waals surface area contributed by atoms with Crippen molar-refractivity contribution in [2.45, 2.75) is 4.21 Å². The monoisotopic (exact) mass is 237 g/mol. The molecule has 0 amide bonds. The summed E-state index contributed by atoms with van der Waals surface area (Å²) in [6, 6.07) is 0.999. The van der Waals surface area contributed by atoms with E-state index in [1.165, 1.54) is 7.11 Å². The molecule has 0 bridgehead atoms. The summed E-state index contributed by atoms with van der Waals surface area (Å²) in [6.07, 6.45) is 0.988. The fraction of sp³-hybridized carbons (Fsp3) is 0.333. The number of ether oxygens (including phenoxy) is 1. The maximum absolute atomic E-state index is 11.1. The lowest BCUT2D eigenvalue weighted by atomic mass is 10.5. The molecule has 1 rings (SSSR count). The third-order valence-corrected chi connectivity index (χ3v) is 4.29. The molecule has 78 valence electrons. The fourth-order valence-corrected chi connectivity index (χ4v) is 2.63. The van der Waals surface area contributed by atoms with E-state index in [9.17, 15) is 18.5 Å². The quantitative estimate of drug-likeness (QED) is 0.579. The molecule has 6 nitrogen and oxygen atoms in total. The van der Waals surface area contributed by atoms with Crippen molar-refractivity contribution in [1.82, 2.24) is 0 Å². The first-order valence-electron chi connectivity index (χ1n) is 3.38. The highest BCUT2D eigenvalue weighted by molar-refractivity contribution is 7.92. The predicted octanol–water partition coefficient (Wildman–Crippen LogP) is 1.07. The number of methoxy groups -OCH3 is 1. The Hall–Kier alpha value is -1.15. The molecule has 0 saturated heterocycles. The smallest absolute Gasteiger partial charge is 0.323 e. The minimum absolute atomic E-state index is 0.00424. The maximum atomic E-state index is 11.1. The van der Waals surface area contributed by atoms with Crippen LogP contribution in [-0.2, 0) is 9.84 Å². The number of hydrogen-bond acceptors (Lipinski definition) is 6. The Balaban J connectivity index is 3.34. The molecule has 0 aliphatic heterocycles. The first kappa shape index (κ1) is 10.9. The highest BCUT2D eigenvalue weighted by Gasteiger charge is 2.24. The van der Waals surface area contributed by atoms with E-state index in [0.717, 1.165) is 23.7 Å². The Morgan fingerprint density at radius 2 is 2.14 bits per heavy atom. The van der Waals surface area contributed by atoms with Crippen molar-refractivity contribution < 1.29 is 18.1 Å². The van der Waals surface area contributed by atoms with Crippen molar-refractivity contribution in [3.8, 4) is 5.06 Å². The van der Waals surface area contributed by atoms with E-state index >= 15 is 0 Å². The minimum atomic E-state index is -3.41. The molecule has 0 saturated carbocycles. The molecule has 0 aliphatic carbocycles. The van der Waals surface area contributed by atoms with Crippen molar-refractivity contribution in [1.29, 1.82) is 0 Å². The van der Waals surface area contributed by atoms with Gasteiger partial charge in [-0.15, -0.1) is 0 Å². The zero-order valence-electron chi connectivity index (χ0n) is 7.38. The Labute approximate surface area is 84.2 Å². The Kier molecular flexibility index (Phi) is 2.76. The molecule has 0 N–H and O–H groups in total. The highest BCUT2D eigenvalue weighted by Crippen LogP contribution is 2.38. The van der Waals surface area contributed by atoms with E-state index in [4.69, 9.17) is 4.74 Å². The Bertz CT molecular complexity index is 461. The summed E-state index contributed by atoms with van der Waals surface area (Å²) in [5, 5.41) is 10.5. The summed E-state index contributed by atoms with van der Waals surface area (Å²) < 4.78 is 26.8. The van der Waals surface area contributed by atoms with Crippen LogP contribution >= 0.6 is 11.3 Å². The van der Waals surface area contributed by atoms with Gasteiger partial charge < -0.3 is 4.74 Å². The molecule has 1 heterocycles. The summed E-state index contributed by atoms with van der Waals surface area (Å²) in [7, 11) is -2.16. The summed E-state index contributed by atoms with van der Waals surface area (Å²) in [5.74, 6) is 0. The lowest BCUT2D eigenvalue weighted by Gasteiger charge is -1.91. The van der Waals surface area contributed by atoms with Crippen molar-refractivity contribution in [3.63, 3.8) is 0 Å². The first-order valence-corrected chi connectivity index (χ1v) is 6.09. The van der Waals surface area contributed by atoms with Crippen LogP contribution in [0.15, 0.2) is 10.3 Å². The number of rotatable bonds is 3. The summed E-state index contributed by atoms with van der Waals surface area (Å²) in [5.41, 5.74) is -0.321. The second-order valence-corrected chi connectivity index (χ2v) is 5.73. The molecule has 14 heavy (non-hydrogen) atoms. The number of sulfone groups is 1. The van der Waals surface area contributed by atoms with Crippen LogP contribution in [-0.4, -0.2) is 26.7 Å². The molecule has 1 aromatic heterocycles. The third-order valence-electron chi connectivity index (χ3n) is 1.40. The van der Waals surface area contributed by atoms with Gasteiger partial charge in [0.15, 0.2) is 9.84 Å². The van der Waals surface area contributed by atoms with Gasteiger partial charge in [-0.25, -0.2) is 8.42 Å². The van der Waals surface area contributed by atoms with Crippen molar-refractivity contribution >= 4 is 26.9 Å². The van der Waals surface area contributed by atoms with E-state index in [-0.39, 0.29) is 15.0 Å². The van der Waals surface area contributed by atoms with Gasteiger partial charge in [0.1, 0.15) is 4.21 Å². The molecule has 0 aromatic carbocycles. The molecular formula is C6H7NO5S2. The van der Waals surface area contributed by atoms with E-state index in [1.807, 2.05) is 0 Å². The third kappa shape index (κ3) is 2.02. The highest BCUT2D eigenvalue weighted by atomic mass is 32.2. The topological polar surface area (TPSA) is 86.5 Å². The molecule has 0 radical (unpaired) electrons. The summed E-state index contributed by atoms with van der Waals surface area (Å²) >= 11 is 0.743. The van der Waals surface area contributed by atoms with Gasteiger partial charge in [-0.05, 0) is 0 Å². The fourth-order valence-electron chi connectivity index (χ4n) is 0.800. The molecule has 1 aromatic rings. The SMILES string of the molecule is COc1sc(S(C)(=O)=O)cc1[N+](=O)[O-]. The lowest BCUT2D eigenvalue weighted by molar-refractivity contribution is -0.385. The molecule has 8 heteroatoms. The van der Waals surface area contributed by atoms with Crippen molar-refractivity contribution in [3.05, 3.63) is 16.2 Å². The Morgan fingerprint density at radius 3 is 2.43 bits per heavy atom. The predicted molar refractivity (Wildman–Crippen MR) is 50.6 cm³/mol. The van der Waals surface area contributed by atoms with Gasteiger partial charge in [0, 0.05) is 12.3 Å². The average Bonchev–Trinajstić information content (AvgIpc) is 2.45. The van der Waals surface area contributed by atoms with Gasteiger partial charge in [0.25, 0.3) is 5.06 Å². The summed E-state index contributed by atoms with van der Waals surface area (Å²) in [4.78, 5) is 9.78. The lowest BCUT2D eigenvalue weighted by Crippen LogP contribution is -1.92. The normalized spacial score (nSPS) is 11.3. The van der Waals surface area contributed by atoms with Crippen LogP contribution < -0.4 is 4.74 Å². The molecule has 0 aliphatic rings.